The SMILES string of the molecule is [2H]c1nc(-n2c([2H])nc(C([2H])([2H])[2H])c2[2H])nc([2H])c1N. The van der Waals surface area contributed by atoms with Crippen LogP contribution in [0.15, 0.2) is 24.8 Å². The fourth-order valence-electron chi connectivity index (χ4n) is 0.721. The third-order valence-electron chi connectivity index (χ3n) is 1.23. The number of nitrogens with zero attached hydrogens (tertiary/aromatic N) is 4. The van der Waals surface area contributed by atoms with Crippen LogP contribution in [-0.2, 0) is 0 Å². The Morgan fingerprint density at radius 3 is 2.85 bits per heavy atom. The zero-order valence-electron chi connectivity index (χ0n) is 13.4. The van der Waals surface area contributed by atoms with Gasteiger partial charge in [-0.1, -0.05) is 0 Å². The molecule has 2 N–H and O–H groups in total. The Morgan fingerprint density at radius 2 is 2.23 bits per heavy atom. The third-order valence-corrected chi connectivity index (χ3v) is 1.23. The van der Waals surface area contributed by atoms with Gasteiger partial charge in [-0.2, -0.15) is 0 Å². The Bertz CT molecular complexity index is 654. The van der Waals surface area contributed by atoms with Gasteiger partial charge >= 0.3 is 0 Å². The van der Waals surface area contributed by atoms with Gasteiger partial charge in [-0.25, -0.2) is 15.0 Å². The van der Waals surface area contributed by atoms with Gasteiger partial charge in [-0.05, 0) is 6.85 Å². The number of hydrogen-bond acceptors (Lipinski definition) is 4. The lowest BCUT2D eigenvalue weighted by atomic mass is 10.5. The summed E-state index contributed by atoms with van der Waals surface area (Å²) in [4.78, 5) is 10.7. The zero-order valence-corrected chi connectivity index (χ0v) is 6.37. The molecular formula is C8H9N5. The highest BCUT2D eigenvalue weighted by molar-refractivity contribution is 5.32. The maximum Gasteiger partial charge on any atom is 0.234 e. The lowest BCUT2D eigenvalue weighted by Gasteiger charge is -1.98. The minimum Gasteiger partial charge on any atom is -0.396 e. The first-order chi connectivity index (χ1) is 9.12. The number of hydrogen-bond donors (Lipinski definition) is 1. The Labute approximate surface area is 85.1 Å². The van der Waals surface area contributed by atoms with E-state index in [9.17, 15) is 0 Å². The second kappa shape index (κ2) is 2.85. The topological polar surface area (TPSA) is 69.6 Å². The largest absolute Gasteiger partial charge is 0.396 e. The Hall–Kier alpha value is -1.91. The fraction of sp³-hybridized carbons (Fsp3) is 0.125. The monoisotopic (exact) mass is 182 g/mol. The van der Waals surface area contributed by atoms with E-state index in [0.29, 0.717) is 0 Å². The van der Waals surface area contributed by atoms with E-state index >= 15 is 0 Å². The zero-order chi connectivity index (χ0) is 15.2. The molecule has 0 radical (unpaired) electrons. The molecular weight excluding hydrogens is 166 g/mol. The molecule has 13 heavy (non-hydrogen) atoms. The minimum atomic E-state index is -2.65. The van der Waals surface area contributed by atoms with Gasteiger partial charge in [0.25, 0.3) is 0 Å². The van der Waals surface area contributed by atoms with Crippen molar-refractivity contribution in [1.29, 1.82) is 0 Å². The van der Waals surface area contributed by atoms with Crippen molar-refractivity contribution in [2.75, 3.05) is 5.73 Å². The van der Waals surface area contributed by atoms with Crippen LogP contribution in [0.1, 0.15) is 15.3 Å². The van der Waals surface area contributed by atoms with Crippen molar-refractivity contribution in [3.8, 4) is 5.95 Å². The summed E-state index contributed by atoms with van der Waals surface area (Å²) in [7, 11) is 0. The number of nitrogen functional groups attached to an aromatic ring is 1. The lowest BCUT2D eigenvalue weighted by Crippen LogP contribution is -1.99. The lowest BCUT2D eigenvalue weighted by molar-refractivity contribution is 0.927. The van der Waals surface area contributed by atoms with Crippen LogP contribution < -0.4 is 5.73 Å². The molecule has 0 aromatic carbocycles. The molecule has 5 nitrogen and oxygen atoms in total. The molecule has 0 saturated carbocycles. The van der Waals surface area contributed by atoms with Gasteiger partial charge in [0.2, 0.25) is 5.95 Å². The van der Waals surface area contributed by atoms with Crippen molar-refractivity contribution in [3.63, 3.8) is 0 Å². The third kappa shape index (κ3) is 1.48. The molecule has 0 aliphatic carbocycles. The molecule has 2 heterocycles. The molecule has 0 saturated heterocycles. The van der Waals surface area contributed by atoms with Crippen molar-refractivity contribution < 1.29 is 9.60 Å². The van der Waals surface area contributed by atoms with Crippen LogP contribution in [0, 0.1) is 6.85 Å². The molecule has 2 rings (SSSR count). The molecule has 0 amide bonds. The fourth-order valence-corrected chi connectivity index (χ4v) is 0.721. The minimum absolute atomic E-state index is 0.247. The maximum absolute atomic E-state index is 7.74. The van der Waals surface area contributed by atoms with E-state index in [1.54, 1.807) is 0 Å². The molecule has 0 unspecified atom stereocenters. The van der Waals surface area contributed by atoms with Crippen molar-refractivity contribution in [3.05, 3.63) is 30.5 Å². The van der Waals surface area contributed by atoms with E-state index in [0.717, 1.165) is 4.57 Å². The molecule has 0 aliphatic heterocycles. The van der Waals surface area contributed by atoms with Crippen LogP contribution in [0.4, 0.5) is 5.69 Å². The van der Waals surface area contributed by atoms with Crippen LogP contribution in [0.5, 0.6) is 0 Å². The number of anilines is 1. The predicted octanol–water partition coefficient (Wildman–Crippen LogP) is 0.553. The molecule has 0 bridgehead atoms. The molecule has 66 valence electrons. The van der Waals surface area contributed by atoms with E-state index in [-0.39, 0.29) is 11.6 Å². The van der Waals surface area contributed by atoms with E-state index in [1.807, 2.05) is 0 Å². The van der Waals surface area contributed by atoms with E-state index in [2.05, 4.69) is 15.0 Å². The summed E-state index contributed by atoms with van der Waals surface area (Å²) in [6.07, 6.45) is -2.03. The second-order valence-electron chi connectivity index (χ2n) is 2.17. The number of aromatic nitrogens is 4. The second-order valence-corrected chi connectivity index (χ2v) is 2.17. The maximum atomic E-state index is 7.74. The number of aryl methyl sites for hydroxylation is 1. The standard InChI is InChI=1S/C8H9N5/c1-6-4-13(5-12-6)8-10-2-7(9)3-11-8/h2-5H,9H2,1H3/i1D3,2D,3D,4D,5D. The highest BCUT2D eigenvalue weighted by Crippen LogP contribution is 2.03. The Morgan fingerprint density at radius 1 is 1.46 bits per heavy atom. The smallest absolute Gasteiger partial charge is 0.234 e. The number of nitrogens with two attached hydrogens (primary N) is 1. The van der Waals surface area contributed by atoms with Gasteiger partial charge in [0, 0.05) is 10.3 Å². The first kappa shape index (κ1) is 3.10. The van der Waals surface area contributed by atoms with Crippen LogP contribution >= 0.6 is 0 Å². The normalized spacial score (nSPS) is 18.9. The Balaban J connectivity index is 2.68. The average molecular weight is 182 g/mol. The van der Waals surface area contributed by atoms with Crippen molar-refractivity contribution in [2.24, 2.45) is 0 Å². The van der Waals surface area contributed by atoms with Gasteiger partial charge in [-0.15, -0.1) is 0 Å². The van der Waals surface area contributed by atoms with Gasteiger partial charge in [0.15, 0.2) is 0 Å². The van der Waals surface area contributed by atoms with Gasteiger partial charge < -0.3 is 5.73 Å². The summed E-state index contributed by atoms with van der Waals surface area (Å²) in [5, 5.41) is 0. The summed E-state index contributed by atoms with van der Waals surface area (Å²) < 4.78 is 52.7. The molecule has 0 fully saturated rings. The highest BCUT2D eigenvalue weighted by atomic mass is 15.2. The van der Waals surface area contributed by atoms with Crippen LogP contribution in [-0.4, -0.2) is 19.5 Å². The van der Waals surface area contributed by atoms with Crippen LogP contribution in [0.25, 0.3) is 5.95 Å². The Kier molecular flexibility index (Phi) is 0.680. The molecule has 5 heteroatoms. The number of rotatable bonds is 1. The predicted molar refractivity (Wildman–Crippen MR) is 48.3 cm³/mol. The molecule has 2 aromatic rings. The first-order valence-corrected chi connectivity index (χ1v) is 3.30. The van der Waals surface area contributed by atoms with Crippen LogP contribution in [0.3, 0.4) is 0 Å². The summed E-state index contributed by atoms with van der Waals surface area (Å²) >= 11 is 0. The summed E-state index contributed by atoms with van der Waals surface area (Å²) in [5.74, 6) is -0.354. The molecule has 0 aliphatic rings. The molecule has 0 spiro atoms. The average Bonchev–Trinajstić information content (AvgIpc) is 2.61. The molecule has 0 atom stereocenters. The van der Waals surface area contributed by atoms with Crippen molar-refractivity contribution >= 4 is 5.69 Å². The molecule has 2 aromatic heterocycles. The van der Waals surface area contributed by atoms with E-state index < -0.39 is 37.4 Å². The van der Waals surface area contributed by atoms with E-state index in [4.69, 9.17) is 15.3 Å². The summed E-state index contributed by atoms with van der Waals surface area (Å²) in [5.41, 5.74) is 4.55. The van der Waals surface area contributed by atoms with Crippen molar-refractivity contribution in [1.82, 2.24) is 19.5 Å². The van der Waals surface area contributed by atoms with Crippen molar-refractivity contribution in [2.45, 2.75) is 6.85 Å². The van der Waals surface area contributed by atoms with E-state index in [1.165, 1.54) is 0 Å². The quantitative estimate of drug-likeness (QED) is 0.699. The number of imidazole rings is 1. The van der Waals surface area contributed by atoms with Gasteiger partial charge in [0.1, 0.15) is 7.67 Å². The van der Waals surface area contributed by atoms with Crippen LogP contribution in [0.2, 0.25) is 0 Å². The first-order valence-electron chi connectivity index (χ1n) is 6.80. The summed E-state index contributed by atoms with van der Waals surface area (Å²) in [6, 6.07) is 0. The summed E-state index contributed by atoms with van der Waals surface area (Å²) in [6.45, 7) is -2.65. The van der Waals surface area contributed by atoms with Gasteiger partial charge in [0.05, 0.1) is 27.8 Å². The van der Waals surface area contributed by atoms with Gasteiger partial charge in [-0.3, -0.25) is 4.57 Å². The highest BCUT2D eigenvalue weighted by Gasteiger charge is 1.98.